The predicted octanol–water partition coefficient (Wildman–Crippen LogP) is 0.917. The number of benzene rings is 1. The molecule has 3 aliphatic rings. The van der Waals surface area contributed by atoms with Gasteiger partial charge in [0.25, 0.3) is 5.56 Å². The number of carbonyl (C=O) groups is 2. The van der Waals surface area contributed by atoms with E-state index in [1.165, 1.54) is 10.6 Å². The minimum atomic E-state index is -1.96. The van der Waals surface area contributed by atoms with Gasteiger partial charge < -0.3 is 31.2 Å². The summed E-state index contributed by atoms with van der Waals surface area (Å²) in [4.78, 5) is 43.7. The van der Waals surface area contributed by atoms with Gasteiger partial charge in [-0.05, 0) is 48.9 Å². The molecule has 10 nitrogen and oxygen atoms in total. The highest BCUT2D eigenvalue weighted by Gasteiger charge is 2.46. The van der Waals surface area contributed by atoms with Crippen molar-refractivity contribution >= 4 is 22.8 Å². The van der Waals surface area contributed by atoms with Gasteiger partial charge in [-0.15, -0.1) is 0 Å². The molecule has 11 heteroatoms. The Kier molecular flexibility index (Phi) is 5.46. The number of carbonyl (C=O) groups excluding carboxylic acids is 2. The van der Waals surface area contributed by atoms with Crippen molar-refractivity contribution in [1.82, 2.24) is 14.9 Å². The lowest BCUT2D eigenvalue weighted by molar-refractivity contribution is -0.172. The SMILES string of the molecule is CC[C@@]1(O)C(=O)OCc2c1cc1n(c2=O)Cc2c-1nc1cc(F)c(C)c3c1c2[C@@H](NC(=O)[C@@H](N)CN)CC3. The monoisotopic (exact) mass is 521 g/mol. The van der Waals surface area contributed by atoms with E-state index in [1.807, 2.05) is 0 Å². The Labute approximate surface area is 216 Å². The van der Waals surface area contributed by atoms with Crippen LogP contribution in [-0.4, -0.2) is 39.1 Å². The number of fused-ring (bicyclic) bond motifs is 5. The van der Waals surface area contributed by atoms with Crippen LogP contribution >= 0.6 is 0 Å². The van der Waals surface area contributed by atoms with E-state index in [-0.39, 0.29) is 43.1 Å². The molecule has 1 aliphatic carbocycles. The average molecular weight is 522 g/mol. The largest absolute Gasteiger partial charge is 0.458 e. The second kappa shape index (κ2) is 8.42. The number of nitrogens with two attached hydrogens (primary N) is 2. The normalized spacial score (nSPS) is 21.9. The molecule has 0 bridgehead atoms. The van der Waals surface area contributed by atoms with Crippen molar-refractivity contribution in [2.75, 3.05) is 6.54 Å². The van der Waals surface area contributed by atoms with Gasteiger partial charge in [-0.2, -0.15) is 0 Å². The minimum absolute atomic E-state index is 0.0170. The number of nitrogens with one attached hydrogen (secondary N) is 1. The first-order valence-corrected chi connectivity index (χ1v) is 12.7. The topological polar surface area (TPSA) is 163 Å². The van der Waals surface area contributed by atoms with Crippen LogP contribution in [0.5, 0.6) is 0 Å². The number of pyridine rings is 2. The van der Waals surface area contributed by atoms with Gasteiger partial charge in [0.1, 0.15) is 12.4 Å². The van der Waals surface area contributed by atoms with Gasteiger partial charge in [-0.25, -0.2) is 14.2 Å². The Bertz CT molecular complexity index is 1630. The van der Waals surface area contributed by atoms with Gasteiger partial charge in [0.15, 0.2) is 5.60 Å². The van der Waals surface area contributed by atoms with E-state index in [2.05, 4.69) is 5.32 Å². The standard InChI is InChI=1S/C27H28FN5O5/c1-3-27(37)15-6-20-23-13(9-33(20)25(35)14(15)10-38-26(27)36)22-18(32-24(34)17(30)8-29)5-4-12-11(2)16(28)7-19(31-23)21(12)22/h6-7,17-18,37H,3-5,8-10,29-30H2,1-2H3,(H,32,34)/t17-,18-,27-/m0/s1. The quantitative estimate of drug-likeness (QED) is 0.288. The Morgan fingerprint density at radius 2 is 2.11 bits per heavy atom. The van der Waals surface area contributed by atoms with Gasteiger partial charge in [-0.3, -0.25) is 9.59 Å². The molecule has 3 aromatic rings. The van der Waals surface area contributed by atoms with E-state index < -0.39 is 35.1 Å². The second-order valence-corrected chi connectivity index (χ2v) is 10.3. The smallest absolute Gasteiger partial charge is 0.343 e. The number of amides is 1. The first-order chi connectivity index (χ1) is 18.1. The number of cyclic esters (lactones) is 1. The average Bonchev–Trinajstić information content (AvgIpc) is 3.28. The summed E-state index contributed by atoms with van der Waals surface area (Å²) in [6, 6.07) is 1.65. The molecule has 2 aliphatic heterocycles. The summed E-state index contributed by atoms with van der Waals surface area (Å²) >= 11 is 0. The van der Waals surface area contributed by atoms with Crippen LogP contribution in [0.2, 0.25) is 0 Å². The molecule has 38 heavy (non-hydrogen) atoms. The zero-order chi connectivity index (χ0) is 27.1. The fourth-order valence-corrected chi connectivity index (χ4v) is 6.08. The van der Waals surface area contributed by atoms with E-state index in [0.717, 1.165) is 22.1 Å². The minimum Gasteiger partial charge on any atom is -0.458 e. The van der Waals surface area contributed by atoms with E-state index >= 15 is 0 Å². The number of aryl methyl sites for hydroxylation is 1. The highest BCUT2D eigenvalue weighted by molar-refractivity contribution is 5.94. The van der Waals surface area contributed by atoms with Crippen molar-refractivity contribution in [3.8, 4) is 11.4 Å². The number of nitrogens with zero attached hydrogens (tertiary/aromatic N) is 2. The molecular weight excluding hydrogens is 493 g/mol. The maximum absolute atomic E-state index is 15.0. The maximum Gasteiger partial charge on any atom is 0.343 e. The molecule has 1 amide bonds. The molecule has 3 atom stereocenters. The summed E-state index contributed by atoms with van der Waals surface area (Å²) in [6.45, 7) is 3.27. The van der Waals surface area contributed by atoms with E-state index in [0.29, 0.717) is 35.3 Å². The van der Waals surface area contributed by atoms with Crippen LogP contribution in [0, 0.1) is 12.7 Å². The van der Waals surface area contributed by atoms with Gasteiger partial charge in [-0.1, -0.05) is 6.92 Å². The third kappa shape index (κ3) is 3.22. The van der Waals surface area contributed by atoms with E-state index in [4.69, 9.17) is 21.2 Å². The van der Waals surface area contributed by atoms with Crippen LogP contribution in [0.3, 0.4) is 0 Å². The summed E-state index contributed by atoms with van der Waals surface area (Å²) in [6.07, 6.45) is 1.06. The molecule has 2 aromatic heterocycles. The molecule has 0 fully saturated rings. The molecule has 198 valence electrons. The van der Waals surface area contributed by atoms with E-state index in [9.17, 15) is 23.9 Å². The van der Waals surface area contributed by atoms with Crippen molar-refractivity contribution < 1.29 is 23.8 Å². The van der Waals surface area contributed by atoms with Crippen molar-refractivity contribution in [2.24, 2.45) is 11.5 Å². The highest BCUT2D eigenvalue weighted by atomic mass is 19.1. The number of aliphatic hydroxyl groups is 1. The zero-order valence-electron chi connectivity index (χ0n) is 21.1. The van der Waals surface area contributed by atoms with Crippen LogP contribution in [0.15, 0.2) is 16.9 Å². The van der Waals surface area contributed by atoms with E-state index in [1.54, 1.807) is 19.9 Å². The van der Waals surface area contributed by atoms with Crippen molar-refractivity contribution in [1.29, 1.82) is 0 Å². The van der Waals surface area contributed by atoms with Crippen LogP contribution in [0.4, 0.5) is 4.39 Å². The van der Waals surface area contributed by atoms with Gasteiger partial charge in [0.2, 0.25) is 5.91 Å². The number of halogens is 1. The number of hydrogen-bond donors (Lipinski definition) is 4. The van der Waals surface area contributed by atoms with Crippen LogP contribution in [-0.2, 0) is 39.5 Å². The van der Waals surface area contributed by atoms with Crippen LogP contribution in [0.1, 0.15) is 59.2 Å². The Morgan fingerprint density at radius 1 is 1.34 bits per heavy atom. The fraction of sp³-hybridized carbons (Fsp3) is 0.407. The van der Waals surface area contributed by atoms with Crippen molar-refractivity contribution in [3.63, 3.8) is 0 Å². The number of ether oxygens (including phenoxy) is 1. The Balaban J connectivity index is 1.63. The lowest BCUT2D eigenvalue weighted by Crippen LogP contribution is -2.47. The number of hydrogen-bond acceptors (Lipinski definition) is 8. The third-order valence-corrected chi connectivity index (χ3v) is 8.29. The molecule has 6 N–H and O–H groups in total. The van der Waals surface area contributed by atoms with Gasteiger partial charge >= 0.3 is 5.97 Å². The predicted molar refractivity (Wildman–Crippen MR) is 135 cm³/mol. The number of aromatic nitrogens is 2. The first-order valence-electron chi connectivity index (χ1n) is 12.7. The third-order valence-electron chi connectivity index (χ3n) is 8.29. The lowest BCUT2D eigenvalue weighted by atomic mass is 9.81. The van der Waals surface area contributed by atoms with Gasteiger partial charge in [0.05, 0.1) is 41.1 Å². The highest BCUT2D eigenvalue weighted by Crippen LogP contribution is 2.45. The molecule has 0 saturated heterocycles. The Hall–Kier alpha value is -3.67. The maximum atomic E-state index is 15.0. The number of esters is 1. The molecule has 0 radical (unpaired) electrons. The summed E-state index contributed by atoms with van der Waals surface area (Å²) < 4.78 is 21.6. The molecular formula is C27H28FN5O5. The summed E-state index contributed by atoms with van der Waals surface area (Å²) in [5, 5.41) is 14.9. The summed E-state index contributed by atoms with van der Waals surface area (Å²) in [7, 11) is 0. The summed E-state index contributed by atoms with van der Waals surface area (Å²) in [5.74, 6) is -1.59. The summed E-state index contributed by atoms with van der Waals surface area (Å²) in [5.41, 5.74) is 13.7. The molecule has 0 unspecified atom stereocenters. The lowest BCUT2D eigenvalue weighted by Gasteiger charge is -2.31. The van der Waals surface area contributed by atoms with Crippen LogP contribution < -0.4 is 22.3 Å². The van der Waals surface area contributed by atoms with Crippen LogP contribution in [0.25, 0.3) is 22.3 Å². The first kappa shape index (κ1) is 24.7. The molecule has 4 heterocycles. The molecule has 6 rings (SSSR count). The second-order valence-electron chi connectivity index (χ2n) is 10.3. The molecule has 0 saturated carbocycles. The van der Waals surface area contributed by atoms with Gasteiger partial charge in [0, 0.05) is 29.1 Å². The fourth-order valence-electron chi connectivity index (χ4n) is 6.08. The molecule has 1 aromatic carbocycles. The zero-order valence-corrected chi connectivity index (χ0v) is 21.1. The Morgan fingerprint density at radius 3 is 2.82 bits per heavy atom. The molecule has 0 spiro atoms. The number of rotatable bonds is 4. The van der Waals surface area contributed by atoms with Crippen molar-refractivity contribution in [2.45, 2.75) is 63.9 Å². The van der Waals surface area contributed by atoms with Crippen molar-refractivity contribution in [3.05, 3.63) is 61.7 Å².